The molecular formula is C10H23N. The van der Waals surface area contributed by atoms with E-state index in [0.717, 1.165) is 12.5 Å². The predicted molar refractivity (Wildman–Crippen MR) is 51.8 cm³/mol. The van der Waals surface area contributed by atoms with Gasteiger partial charge in [0.1, 0.15) is 0 Å². The van der Waals surface area contributed by atoms with Crippen LogP contribution >= 0.6 is 0 Å². The summed E-state index contributed by atoms with van der Waals surface area (Å²) in [4.78, 5) is 0. The molecule has 1 saturated carbocycles. The highest BCUT2D eigenvalue weighted by atomic mass is 14.8. The lowest BCUT2D eigenvalue weighted by Crippen LogP contribution is -2.13. The molecule has 1 aliphatic carbocycles. The fourth-order valence-electron chi connectivity index (χ4n) is 1.10. The number of nitrogens with one attached hydrogen (secondary N) is 1. The largest absolute Gasteiger partial charge is 0.317 e. The summed E-state index contributed by atoms with van der Waals surface area (Å²) in [7, 11) is 0. The van der Waals surface area contributed by atoms with E-state index in [1.54, 1.807) is 0 Å². The van der Waals surface area contributed by atoms with Crippen molar-refractivity contribution in [3.05, 3.63) is 0 Å². The van der Waals surface area contributed by atoms with Crippen LogP contribution in [0.3, 0.4) is 0 Å². The Labute approximate surface area is 71.6 Å². The average Bonchev–Trinajstić information content (AvgIpc) is 2.86. The van der Waals surface area contributed by atoms with Gasteiger partial charge in [0.2, 0.25) is 0 Å². The molecule has 0 aliphatic heterocycles. The minimum atomic E-state index is 1.11. The molecule has 0 aromatic heterocycles. The van der Waals surface area contributed by atoms with Crippen molar-refractivity contribution in [3.8, 4) is 0 Å². The van der Waals surface area contributed by atoms with Gasteiger partial charge in [-0.05, 0) is 31.8 Å². The van der Waals surface area contributed by atoms with Crippen LogP contribution in [-0.4, -0.2) is 13.1 Å². The van der Waals surface area contributed by atoms with Gasteiger partial charge in [-0.25, -0.2) is 0 Å². The fraction of sp³-hybridized carbons (Fsp3) is 1.00. The molecule has 0 atom stereocenters. The first kappa shape index (κ1) is 11.0. The maximum absolute atomic E-state index is 3.33. The average molecular weight is 157 g/mol. The van der Waals surface area contributed by atoms with Crippen LogP contribution in [0, 0.1) is 5.92 Å². The first-order valence-corrected chi connectivity index (χ1v) is 5.14. The Morgan fingerprint density at radius 3 is 2.36 bits per heavy atom. The van der Waals surface area contributed by atoms with Gasteiger partial charge in [-0.3, -0.25) is 0 Å². The minimum absolute atomic E-state index is 1.11. The quantitative estimate of drug-likeness (QED) is 0.605. The Kier molecular flexibility index (Phi) is 8.03. The second kappa shape index (κ2) is 8.06. The number of hydrogen-bond acceptors (Lipinski definition) is 1. The zero-order valence-electron chi connectivity index (χ0n) is 8.32. The summed E-state index contributed by atoms with van der Waals surface area (Å²) in [6.07, 6.45) is 5.86. The predicted octanol–water partition coefficient (Wildman–Crippen LogP) is 2.81. The van der Waals surface area contributed by atoms with Crippen LogP contribution in [0.4, 0.5) is 0 Å². The summed E-state index contributed by atoms with van der Waals surface area (Å²) >= 11 is 0. The fourth-order valence-corrected chi connectivity index (χ4v) is 1.10. The lowest BCUT2D eigenvalue weighted by atomic mass is 10.2. The van der Waals surface area contributed by atoms with Crippen molar-refractivity contribution in [2.24, 2.45) is 5.92 Å². The Balaban J connectivity index is 0.000000461. The number of rotatable bonds is 5. The molecule has 0 aromatic rings. The van der Waals surface area contributed by atoms with Crippen LogP contribution < -0.4 is 5.32 Å². The molecule has 0 spiro atoms. The van der Waals surface area contributed by atoms with Crippen LogP contribution in [0.2, 0.25) is 0 Å². The van der Waals surface area contributed by atoms with Crippen molar-refractivity contribution < 1.29 is 0 Å². The molecule has 1 heteroatoms. The molecule has 1 rings (SSSR count). The van der Waals surface area contributed by atoms with Crippen LogP contribution in [0.1, 0.15) is 46.5 Å². The maximum atomic E-state index is 3.33. The Hall–Kier alpha value is -0.0400. The summed E-state index contributed by atoms with van der Waals surface area (Å²) < 4.78 is 0. The lowest BCUT2D eigenvalue weighted by molar-refractivity contribution is 0.607. The van der Waals surface area contributed by atoms with Crippen LogP contribution in [0.25, 0.3) is 0 Å². The second-order valence-corrected chi connectivity index (χ2v) is 2.94. The molecule has 1 N–H and O–H groups in total. The van der Waals surface area contributed by atoms with Crippen molar-refractivity contribution in [2.45, 2.75) is 46.5 Å². The van der Waals surface area contributed by atoms with E-state index in [0.29, 0.717) is 0 Å². The summed E-state index contributed by atoms with van der Waals surface area (Å²) in [5, 5.41) is 3.33. The molecule has 68 valence electrons. The van der Waals surface area contributed by atoms with E-state index in [9.17, 15) is 0 Å². The second-order valence-electron chi connectivity index (χ2n) is 2.94. The van der Waals surface area contributed by atoms with E-state index in [-0.39, 0.29) is 0 Å². The van der Waals surface area contributed by atoms with Gasteiger partial charge in [0.25, 0.3) is 0 Å². The zero-order chi connectivity index (χ0) is 8.53. The van der Waals surface area contributed by atoms with Crippen molar-refractivity contribution in [3.63, 3.8) is 0 Å². The molecule has 0 unspecified atom stereocenters. The Bertz CT molecular complexity index is 67.3. The summed E-state index contributed by atoms with van der Waals surface area (Å²) in [6.45, 7) is 8.52. The van der Waals surface area contributed by atoms with Crippen LogP contribution in [-0.2, 0) is 0 Å². The molecular weight excluding hydrogens is 134 g/mol. The molecule has 0 aromatic carbocycles. The summed E-state index contributed by atoms with van der Waals surface area (Å²) in [5.74, 6) is 1.11. The van der Waals surface area contributed by atoms with E-state index < -0.39 is 0 Å². The molecule has 11 heavy (non-hydrogen) atoms. The van der Waals surface area contributed by atoms with Crippen molar-refractivity contribution in [1.29, 1.82) is 0 Å². The van der Waals surface area contributed by atoms with Gasteiger partial charge >= 0.3 is 0 Å². The normalized spacial score (nSPS) is 15.5. The first-order chi connectivity index (χ1) is 5.43. The van der Waals surface area contributed by atoms with Gasteiger partial charge < -0.3 is 5.32 Å². The summed E-state index contributed by atoms with van der Waals surface area (Å²) in [6, 6.07) is 0. The highest BCUT2D eigenvalue weighted by Gasteiger charge is 2.19. The number of hydrogen-bond donors (Lipinski definition) is 1. The topological polar surface area (TPSA) is 12.0 Å². The van der Waals surface area contributed by atoms with Gasteiger partial charge in [0.05, 0.1) is 0 Å². The first-order valence-electron chi connectivity index (χ1n) is 5.14. The van der Waals surface area contributed by atoms with Gasteiger partial charge in [0.15, 0.2) is 0 Å². The summed E-state index contributed by atoms with van der Waals surface area (Å²) in [5.41, 5.74) is 0. The molecule has 1 nitrogen and oxygen atoms in total. The highest BCUT2D eigenvalue weighted by Crippen LogP contribution is 2.33. The highest BCUT2D eigenvalue weighted by molar-refractivity contribution is 4.72. The van der Waals surface area contributed by atoms with E-state index in [2.05, 4.69) is 12.2 Å². The van der Waals surface area contributed by atoms with Gasteiger partial charge in [-0.2, -0.15) is 0 Å². The van der Waals surface area contributed by atoms with Gasteiger partial charge in [-0.1, -0.05) is 33.6 Å². The third-order valence-corrected chi connectivity index (χ3v) is 1.91. The minimum Gasteiger partial charge on any atom is -0.317 e. The SMILES string of the molecule is CC.CCNCCCC1CC1. The van der Waals surface area contributed by atoms with E-state index in [1.165, 1.54) is 32.2 Å². The van der Waals surface area contributed by atoms with Gasteiger partial charge in [0, 0.05) is 0 Å². The Morgan fingerprint density at radius 1 is 1.27 bits per heavy atom. The third-order valence-electron chi connectivity index (χ3n) is 1.91. The Morgan fingerprint density at radius 2 is 1.91 bits per heavy atom. The third kappa shape index (κ3) is 7.86. The van der Waals surface area contributed by atoms with E-state index >= 15 is 0 Å². The van der Waals surface area contributed by atoms with Gasteiger partial charge in [-0.15, -0.1) is 0 Å². The molecule has 0 radical (unpaired) electrons. The smallest absolute Gasteiger partial charge is 0.00489 e. The molecule has 0 amide bonds. The van der Waals surface area contributed by atoms with E-state index in [4.69, 9.17) is 0 Å². The van der Waals surface area contributed by atoms with Crippen molar-refractivity contribution in [1.82, 2.24) is 5.32 Å². The van der Waals surface area contributed by atoms with Crippen molar-refractivity contribution in [2.75, 3.05) is 13.1 Å². The van der Waals surface area contributed by atoms with Crippen LogP contribution in [0.15, 0.2) is 0 Å². The molecule has 0 saturated heterocycles. The molecule has 0 bridgehead atoms. The molecule has 1 fully saturated rings. The van der Waals surface area contributed by atoms with E-state index in [1.807, 2.05) is 13.8 Å². The lowest BCUT2D eigenvalue weighted by Gasteiger charge is -1.98. The molecule has 1 aliphatic rings. The monoisotopic (exact) mass is 157 g/mol. The van der Waals surface area contributed by atoms with Crippen molar-refractivity contribution >= 4 is 0 Å². The zero-order valence-corrected chi connectivity index (χ0v) is 8.32. The molecule has 0 heterocycles. The van der Waals surface area contributed by atoms with Crippen LogP contribution in [0.5, 0.6) is 0 Å². The maximum Gasteiger partial charge on any atom is -0.00489 e. The standard InChI is InChI=1S/C8H17N.C2H6/c1-2-9-7-3-4-8-5-6-8;1-2/h8-9H,2-7H2,1H3;1-2H3.